The minimum absolute atomic E-state index is 0. The molecule has 0 aromatic carbocycles. The highest BCUT2D eigenvalue weighted by molar-refractivity contribution is 7.52. The maximum atomic E-state index is 11.0. The van der Waals surface area contributed by atoms with E-state index in [9.17, 15) is 4.57 Å². The average Bonchev–Trinajstić information content (AvgIpc) is 1.64. The molecule has 0 rings (SSSR count). The van der Waals surface area contributed by atoms with E-state index in [1.165, 1.54) is 6.66 Å². The summed E-state index contributed by atoms with van der Waals surface area (Å²) in [5.41, 5.74) is 0. The quantitative estimate of drug-likeness (QED) is 0.608. The second-order valence-electron chi connectivity index (χ2n) is 1.61. The molecule has 0 bridgehead atoms. The van der Waals surface area contributed by atoms with E-state index in [0.29, 0.717) is 13.2 Å². The fourth-order valence-corrected chi connectivity index (χ4v) is 1.52. The summed E-state index contributed by atoms with van der Waals surface area (Å²) in [6.45, 7) is 5.92. The minimum atomic E-state index is -2.69. The fraction of sp³-hybridized carbons (Fsp3) is 1.00. The Morgan fingerprint density at radius 2 is 1.50 bits per heavy atom. The first-order valence-electron chi connectivity index (χ1n) is 2.99. The Bertz CT molecular complexity index is 107. The molecule has 0 unspecified atom stereocenters. The van der Waals surface area contributed by atoms with Gasteiger partial charge in [0.25, 0.3) is 0 Å². The Morgan fingerprint density at radius 3 is 1.70 bits per heavy atom. The highest BCUT2D eigenvalue weighted by atomic mass is 31.2. The van der Waals surface area contributed by atoms with Crippen LogP contribution in [0.3, 0.4) is 0 Å². The SMILES string of the molecule is CCOP(C)(=O)OCC.F. The molecule has 0 N–H and O–H groups in total. The first-order valence-corrected chi connectivity index (χ1v) is 4.98. The molecule has 64 valence electrons. The zero-order valence-electron chi connectivity index (χ0n) is 6.49. The van der Waals surface area contributed by atoms with Crippen LogP contribution in [0.25, 0.3) is 0 Å². The van der Waals surface area contributed by atoms with Gasteiger partial charge in [0.2, 0.25) is 0 Å². The van der Waals surface area contributed by atoms with Gasteiger partial charge in [-0.3, -0.25) is 9.27 Å². The summed E-state index contributed by atoms with van der Waals surface area (Å²) in [4.78, 5) is 0. The van der Waals surface area contributed by atoms with E-state index in [1.54, 1.807) is 13.8 Å². The lowest BCUT2D eigenvalue weighted by molar-refractivity contribution is 0.225. The second-order valence-corrected chi connectivity index (χ2v) is 3.67. The van der Waals surface area contributed by atoms with Crippen LogP contribution in [-0.4, -0.2) is 19.9 Å². The summed E-state index contributed by atoms with van der Waals surface area (Å²) in [5, 5.41) is 0. The molecule has 0 aromatic heterocycles. The van der Waals surface area contributed by atoms with E-state index in [-0.39, 0.29) is 4.70 Å². The van der Waals surface area contributed by atoms with E-state index in [4.69, 9.17) is 9.05 Å². The number of hydrogen-bond donors (Lipinski definition) is 0. The third-order valence-electron chi connectivity index (χ3n) is 0.727. The van der Waals surface area contributed by atoms with Gasteiger partial charge in [-0.1, -0.05) is 0 Å². The van der Waals surface area contributed by atoms with Crippen LogP contribution in [-0.2, 0) is 13.6 Å². The van der Waals surface area contributed by atoms with Gasteiger partial charge in [0.05, 0.1) is 13.2 Å². The summed E-state index contributed by atoms with van der Waals surface area (Å²) >= 11 is 0. The molecule has 0 amide bonds. The van der Waals surface area contributed by atoms with Crippen molar-refractivity contribution in [2.75, 3.05) is 19.9 Å². The van der Waals surface area contributed by atoms with E-state index in [0.717, 1.165) is 0 Å². The molecule has 0 aliphatic carbocycles. The van der Waals surface area contributed by atoms with Gasteiger partial charge < -0.3 is 9.05 Å². The molecular weight excluding hydrogens is 158 g/mol. The first-order chi connectivity index (χ1) is 4.12. The molecule has 10 heavy (non-hydrogen) atoms. The van der Waals surface area contributed by atoms with Gasteiger partial charge in [0.15, 0.2) is 0 Å². The molecule has 0 radical (unpaired) electrons. The summed E-state index contributed by atoms with van der Waals surface area (Å²) < 4.78 is 20.6. The molecule has 5 heteroatoms. The van der Waals surface area contributed by atoms with Crippen molar-refractivity contribution >= 4 is 7.60 Å². The summed E-state index contributed by atoms with van der Waals surface area (Å²) in [6, 6.07) is 0. The minimum Gasteiger partial charge on any atom is -0.309 e. The lowest BCUT2D eigenvalue weighted by atomic mass is 10.9. The molecule has 0 atom stereocenters. The molecule has 3 nitrogen and oxygen atoms in total. The highest BCUT2D eigenvalue weighted by Crippen LogP contribution is 2.43. The molecule has 0 aliphatic heterocycles. The molecular formula is C5H14FO3P. The van der Waals surface area contributed by atoms with Crippen molar-refractivity contribution in [3.63, 3.8) is 0 Å². The van der Waals surface area contributed by atoms with E-state index >= 15 is 0 Å². The van der Waals surface area contributed by atoms with Crippen LogP contribution in [0.1, 0.15) is 13.8 Å². The summed E-state index contributed by atoms with van der Waals surface area (Å²) in [6.07, 6.45) is 0. The van der Waals surface area contributed by atoms with Crippen LogP contribution in [0.5, 0.6) is 0 Å². The molecule has 0 saturated carbocycles. The van der Waals surface area contributed by atoms with Gasteiger partial charge in [-0.15, -0.1) is 0 Å². The third kappa shape index (κ3) is 6.20. The Hall–Kier alpha value is 0.0800. The van der Waals surface area contributed by atoms with Crippen LogP contribution < -0.4 is 0 Å². The Kier molecular flexibility index (Phi) is 7.43. The Morgan fingerprint density at radius 1 is 1.20 bits per heavy atom. The van der Waals surface area contributed by atoms with Gasteiger partial charge in [-0.25, -0.2) is 0 Å². The highest BCUT2D eigenvalue weighted by Gasteiger charge is 2.13. The van der Waals surface area contributed by atoms with Gasteiger partial charge in [-0.05, 0) is 13.8 Å². The van der Waals surface area contributed by atoms with Crippen LogP contribution in [0.15, 0.2) is 0 Å². The van der Waals surface area contributed by atoms with Crippen LogP contribution in [0, 0.1) is 0 Å². The maximum Gasteiger partial charge on any atom is 0.327 e. The van der Waals surface area contributed by atoms with Gasteiger partial charge >= 0.3 is 7.60 Å². The van der Waals surface area contributed by atoms with Gasteiger partial charge in [-0.2, -0.15) is 0 Å². The number of rotatable bonds is 4. The third-order valence-corrected chi connectivity index (χ3v) is 2.18. The van der Waals surface area contributed by atoms with E-state index < -0.39 is 7.60 Å². The molecule has 0 saturated heterocycles. The van der Waals surface area contributed by atoms with Crippen molar-refractivity contribution in [1.29, 1.82) is 0 Å². The maximum absolute atomic E-state index is 11.0. The largest absolute Gasteiger partial charge is 0.327 e. The van der Waals surface area contributed by atoms with Gasteiger partial charge in [0.1, 0.15) is 0 Å². The van der Waals surface area contributed by atoms with Crippen molar-refractivity contribution in [3.05, 3.63) is 0 Å². The van der Waals surface area contributed by atoms with Crippen molar-refractivity contribution in [3.8, 4) is 0 Å². The lowest BCUT2D eigenvalue weighted by Crippen LogP contribution is -1.92. The average molecular weight is 172 g/mol. The molecule has 0 spiro atoms. The van der Waals surface area contributed by atoms with Crippen LogP contribution in [0.2, 0.25) is 0 Å². The molecule has 0 fully saturated rings. The smallest absolute Gasteiger partial charge is 0.309 e. The number of halogens is 1. The predicted molar refractivity (Wildman–Crippen MR) is 39.3 cm³/mol. The molecule has 0 heterocycles. The summed E-state index contributed by atoms with van der Waals surface area (Å²) in [5.74, 6) is 0. The Labute approximate surface area is 60.6 Å². The molecule has 0 aromatic rings. The molecule has 0 aliphatic rings. The van der Waals surface area contributed by atoms with E-state index in [1.807, 2.05) is 0 Å². The van der Waals surface area contributed by atoms with Crippen molar-refractivity contribution in [2.24, 2.45) is 0 Å². The predicted octanol–water partition coefficient (Wildman–Crippen LogP) is 2.03. The normalized spacial score (nSPS) is 10.7. The van der Waals surface area contributed by atoms with E-state index in [2.05, 4.69) is 0 Å². The van der Waals surface area contributed by atoms with Gasteiger partial charge in [0, 0.05) is 6.66 Å². The number of hydrogen-bond acceptors (Lipinski definition) is 3. The Balaban J connectivity index is 0. The topological polar surface area (TPSA) is 35.5 Å². The van der Waals surface area contributed by atoms with Crippen molar-refractivity contribution in [1.82, 2.24) is 0 Å². The van der Waals surface area contributed by atoms with Crippen molar-refractivity contribution < 1.29 is 18.3 Å². The zero-order chi connectivity index (χ0) is 7.33. The standard InChI is InChI=1S/C5H13O3P.FH/c1-4-7-9(3,6)8-5-2;/h4-5H2,1-3H3;1H. The zero-order valence-corrected chi connectivity index (χ0v) is 7.39. The van der Waals surface area contributed by atoms with Crippen LogP contribution in [0.4, 0.5) is 4.70 Å². The monoisotopic (exact) mass is 172 g/mol. The first kappa shape index (κ1) is 12.7. The lowest BCUT2D eigenvalue weighted by Gasteiger charge is -2.10. The second kappa shape index (κ2) is 5.83. The van der Waals surface area contributed by atoms with Crippen LogP contribution >= 0.6 is 7.60 Å². The summed E-state index contributed by atoms with van der Waals surface area (Å²) in [7, 11) is -2.69. The van der Waals surface area contributed by atoms with Crippen molar-refractivity contribution in [2.45, 2.75) is 13.8 Å². The fourth-order valence-electron chi connectivity index (χ4n) is 0.506.